The molecule has 2 unspecified atom stereocenters. The van der Waals surface area contributed by atoms with E-state index in [4.69, 9.17) is 16.3 Å². The molecule has 11 nitrogen and oxygen atoms in total. The highest BCUT2D eigenvalue weighted by Gasteiger charge is 2.29. The maximum absolute atomic E-state index is 13.4. The van der Waals surface area contributed by atoms with Crippen LogP contribution in [-0.2, 0) is 6.42 Å². The number of ether oxygens (including phenoxy) is 1. The summed E-state index contributed by atoms with van der Waals surface area (Å²) >= 11 is 6.22. The van der Waals surface area contributed by atoms with Gasteiger partial charge in [-0.05, 0) is 61.5 Å². The number of benzene rings is 2. The van der Waals surface area contributed by atoms with Gasteiger partial charge in [-0.25, -0.2) is 24.0 Å². The van der Waals surface area contributed by atoms with Crippen LogP contribution in [0, 0.1) is 22.9 Å². The molecule has 2 N–H and O–H groups in total. The third-order valence-corrected chi connectivity index (χ3v) is 6.67. The average Bonchev–Trinajstić information content (AvgIpc) is 3.54. The molecule has 4 aromatic rings. The predicted molar refractivity (Wildman–Crippen MR) is 141 cm³/mol. The van der Waals surface area contributed by atoms with Crippen molar-refractivity contribution in [2.45, 2.75) is 38.2 Å². The Morgan fingerprint density at radius 3 is 2.79 bits per heavy atom. The van der Waals surface area contributed by atoms with Gasteiger partial charge in [-0.2, -0.15) is 5.10 Å². The normalized spacial score (nSPS) is 15.1. The van der Waals surface area contributed by atoms with E-state index < -0.39 is 11.0 Å². The van der Waals surface area contributed by atoms with Crippen LogP contribution in [0.15, 0.2) is 48.8 Å². The molecule has 2 aromatic carbocycles. The molecular formula is C26H25ClFN7O4. The SMILES string of the molecule is Cc1ncn(-c2ccc([N+](=O)[O-])cc2OCC(O)CCNc2nc(Cl)nc3c2CCC3c2ccc(F)cc2)n1. The molecule has 13 heteroatoms. The van der Waals surface area contributed by atoms with Crippen LogP contribution < -0.4 is 10.1 Å². The Morgan fingerprint density at radius 1 is 1.28 bits per heavy atom. The number of rotatable bonds is 10. The molecule has 0 saturated heterocycles. The van der Waals surface area contributed by atoms with E-state index >= 15 is 0 Å². The standard InChI is InChI=1S/C26H25ClFN7O4/c1-15-30-14-34(33-15)22-9-6-18(35(37)38)12-23(22)39-13-19(36)10-11-29-25-21-8-7-20(24(21)31-26(27)32-25)16-2-4-17(28)5-3-16/h2-6,9,12,14,19-20,36H,7-8,10-11,13H2,1H3,(H,29,31,32). The number of nitrogens with zero attached hydrogens (tertiary/aromatic N) is 6. The molecule has 2 aromatic heterocycles. The van der Waals surface area contributed by atoms with Crippen LogP contribution in [0.1, 0.15) is 41.4 Å². The van der Waals surface area contributed by atoms with Crippen LogP contribution in [0.5, 0.6) is 5.75 Å². The Labute approximate surface area is 227 Å². The molecule has 39 heavy (non-hydrogen) atoms. The maximum atomic E-state index is 13.4. The second-order valence-corrected chi connectivity index (χ2v) is 9.51. The molecule has 0 fully saturated rings. The van der Waals surface area contributed by atoms with Gasteiger partial charge in [-0.1, -0.05) is 12.1 Å². The summed E-state index contributed by atoms with van der Waals surface area (Å²) in [6.07, 6.45) is 2.46. The first-order valence-corrected chi connectivity index (χ1v) is 12.7. The number of non-ortho nitro benzene ring substituents is 1. The van der Waals surface area contributed by atoms with Gasteiger partial charge in [0.05, 0.1) is 22.8 Å². The first kappa shape index (κ1) is 26.4. The zero-order valence-electron chi connectivity index (χ0n) is 20.9. The third-order valence-electron chi connectivity index (χ3n) is 6.51. The van der Waals surface area contributed by atoms with Crippen molar-refractivity contribution >= 4 is 23.1 Å². The molecule has 1 aliphatic rings. The van der Waals surface area contributed by atoms with Gasteiger partial charge in [0, 0.05) is 24.1 Å². The van der Waals surface area contributed by atoms with Gasteiger partial charge in [0.1, 0.15) is 36.1 Å². The molecule has 0 saturated carbocycles. The van der Waals surface area contributed by atoms with E-state index in [1.807, 2.05) is 0 Å². The molecule has 0 amide bonds. The first-order valence-electron chi connectivity index (χ1n) is 12.3. The van der Waals surface area contributed by atoms with Crippen molar-refractivity contribution in [2.24, 2.45) is 0 Å². The monoisotopic (exact) mass is 553 g/mol. The van der Waals surface area contributed by atoms with Crippen LogP contribution in [-0.4, -0.2) is 54.0 Å². The van der Waals surface area contributed by atoms with E-state index in [2.05, 4.69) is 25.4 Å². The lowest BCUT2D eigenvalue weighted by Crippen LogP contribution is -2.22. The maximum Gasteiger partial charge on any atom is 0.273 e. The third kappa shape index (κ3) is 5.96. The van der Waals surface area contributed by atoms with E-state index in [0.717, 1.165) is 29.7 Å². The van der Waals surface area contributed by atoms with Gasteiger partial charge in [-0.15, -0.1) is 0 Å². The summed E-state index contributed by atoms with van der Waals surface area (Å²) in [6, 6.07) is 10.5. The van der Waals surface area contributed by atoms with Gasteiger partial charge in [-0.3, -0.25) is 10.1 Å². The number of anilines is 1. The average molecular weight is 554 g/mol. The number of hydrogen-bond donors (Lipinski definition) is 2. The highest BCUT2D eigenvalue weighted by Crippen LogP contribution is 2.40. The summed E-state index contributed by atoms with van der Waals surface area (Å²) in [7, 11) is 0. The highest BCUT2D eigenvalue weighted by atomic mass is 35.5. The number of aromatic nitrogens is 5. The van der Waals surface area contributed by atoms with E-state index in [1.54, 1.807) is 19.1 Å². The number of aryl methyl sites for hydroxylation is 1. The number of fused-ring (bicyclic) bond motifs is 1. The van der Waals surface area contributed by atoms with E-state index in [-0.39, 0.29) is 35.1 Å². The number of aliphatic hydroxyl groups is 1. The Hall–Kier alpha value is -4.16. The van der Waals surface area contributed by atoms with Crippen molar-refractivity contribution < 1.29 is 19.2 Å². The molecule has 2 heterocycles. The summed E-state index contributed by atoms with van der Waals surface area (Å²) in [4.78, 5) is 23.6. The zero-order chi connectivity index (χ0) is 27.5. The lowest BCUT2D eigenvalue weighted by Gasteiger charge is -2.16. The summed E-state index contributed by atoms with van der Waals surface area (Å²) in [5, 5.41) is 29.4. The topological polar surface area (TPSA) is 141 Å². The fraction of sp³-hybridized carbons (Fsp3) is 0.308. The molecule has 5 rings (SSSR count). The van der Waals surface area contributed by atoms with Gasteiger partial charge >= 0.3 is 0 Å². The second-order valence-electron chi connectivity index (χ2n) is 9.17. The minimum Gasteiger partial charge on any atom is -0.488 e. The Balaban J connectivity index is 1.22. The zero-order valence-corrected chi connectivity index (χ0v) is 21.7. The molecule has 1 aliphatic carbocycles. The van der Waals surface area contributed by atoms with Crippen molar-refractivity contribution in [1.82, 2.24) is 24.7 Å². The molecule has 202 valence electrons. The summed E-state index contributed by atoms with van der Waals surface area (Å²) in [5.41, 5.74) is 3.05. The quantitative estimate of drug-likeness (QED) is 0.166. The number of nitro groups is 1. The van der Waals surface area contributed by atoms with Crippen molar-refractivity contribution in [3.8, 4) is 11.4 Å². The summed E-state index contributed by atoms with van der Waals surface area (Å²) in [5.74, 6) is 1.04. The molecule has 0 spiro atoms. The summed E-state index contributed by atoms with van der Waals surface area (Å²) < 4.78 is 20.6. The largest absolute Gasteiger partial charge is 0.488 e. The smallest absolute Gasteiger partial charge is 0.273 e. The van der Waals surface area contributed by atoms with Crippen LogP contribution in [0.2, 0.25) is 5.28 Å². The lowest BCUT2D eigenvalue weighted by molar-refractivity contribution is -0.384. The fourth-order valence-electron chi connectivity index (χ4n) is 4.61. The van der Waals surface area contributed by atoms with Crippen molar-refractivity contribution in [1.29, 1.82) is 0 Å². The molecule has 0 bridgehead atoms. The number of halogens is 2. The van der Waals surface area contributed by atoms with E-state index in [9.17, 15) is 19.6 Å². The summed E-state index contributed by atoms with van der Waals surface area (Å²) in [6.45, 7) is 2.00. The number of hydrogen-bond acceptors (Lipinski definition) is 9. The van der Waals surface area contributed by atoms with Crippen LogP contribution in [0.25, 0.3) is 5.69 Å². The fourth-order valence-corrected chi connectivity index (χ4v) is 4.78. The Bertz CT molecular complexity index is 1500. The van der Waals surface area contributed by atoms with Crippen LogP contribution >= 0.6 is 11.6 Å². The molecule has 0 radical (unpaired) electrons. The molecule has 2 atom stereocenters. The Kier molecular flexibility index (Phi) is 7.66. The van der Waals surface area contributed by atoms with E-state index in [0.29, 0.717) is 30.3 Å². The van der Waals surface area contributed by atoms with Crippen LogP contribution in [0.3, 0.4) is 0 Å². The minimum absolute atomic E-state index is 0.00135. The highest BCUT2D eigenvalue weighted by molar-refractivity contribution is 6.28. The number of nitrogens with one attached hydrogen (secondary N) is 1. The van der Waals surface area contributed by atoms with E-state index in [1.165, 1.54) is 41.3 Å². The second kappa shape index (κ2) is 11.3. The minimum atomic E-state index is -0.876. The van der Waals surface area contributed by atoms with Crippen molar-refractivity contribution in [3.05, 3.63) is 92.7 Å². The first-order chi connectivity index (χ1) is 18.8. The van der Waals surface area contributed by atoms with Crippen molar-refractivity contribution in [3.63, 3.8) is 0 Å². The Morgan fingerprint density at radius 2 is 2.08 bits per heavy atom. The van der Waals surface area contributed by atoms with Gasteiger partial charge in [0.25, 0.3) is 5.69 Å². The van der Waals surface area contributed by atoms with Gasteiger partial charge < -0.3 is 15.2 Å². The number of aliphatic hydroxyl groups excluding tert-OH is 1. The van der Waals surface area contributed by atoms with Gasteiger partial charge in [0.2, 0.25) is 5.28 Å². The predicted octanol–water partition coefficient (Wildman–Crippen LogP) is 4.39. The molecule has 0 aliphatic heterocycles. The lowest BCUT2D eigenvalue weighted by atomic mass is 9.97. The molecular weight excluding hydrogens is 529 g/mol. The van der Waals surface area contributed by atoms with Crippen LogP contribution in [0.4, 0.5) is 15.9 Å². The number of nitro benzene ring substituents is 1. The van der Waals surface area contributed by atoms with Crippen molar-refractivity contribution in [2.75, 3.05) is 18.5 Å². The van der Waals surface area contributed by atoms with Gasteiger partial charge in [0.15, 0.2) is 5.75 Å².